The standard InChI is InChI=1S/C17H18N2O/c1-20-13-7-8-17-14(9-13)16(11-19-17)15(10-18)12-5-3-2-4-6-12/h2-9,11,15,19H,10,18H2,1H3/t15-/m1/s1. The molecule has 0 aliphatic carbocycles. The summed E-state index contributed by atoms with van der Waals surface area (Å²) < 4.78 is 5.32. The van der Waals surface area contributed by atoms with Crippen molar-refractivity contribution in [3.63, 3.8) is 0 Å². The molecule has 20 heavy (non-hydrogen) atoms. The molecule has 0 saturated heterocycles. The van der Waals surface area contributed by atoms with Crippen molar-refractivity contribution in [1.29, 1.82) is 0 Å². The number of hydrogen-bond donors (Lipinski definition) is 2. The molecule has 3 aromatic rings. The van der Waals surface area contributed by atoms with Crippen LogP contribution in [0, 0.1) is 0 Å². The molecular weight excluding hydrogens is 248 g/mol. The lowest BCUT2D eigenvalue weighted by Gasteiger charge is -2.15. The quantitative estimate of drug-likeness (QED) is 0.761. The molecule has 0 saturated carbocycles. The van der Waals surface area contributed by atoms with Gasteiger partial charge in [-0.1, -0.05) is 30.3 Å². The first kappa shape index (κ1) is 12.8. The number of H-pyrrole nitrogens is 1. The summed E-state index contributed by atoms with van der Waals surface area (Å²) in [5, 5.41) is 1.17. The third kappa shape index (κ3) is 2.17. The second-order valence-corrected chi connectivity index (χ2v) is 4.85. The van der Waals surface area contributed by atoms with Crippen LogP contribution in [0.25, 0.3) is 10.9 Å². The number of hydrogen-bond acceptors (Lipinski definition) is 2. The van der Waals surface area contributed by atoms with Crippen LogP contribution in [-0.4, -0.2) is 18.6 Å². The monoisotopic (exact) mass is 266 g/mol. The predicted octanol–water partition coefficient (Wildman–Crippen LogP) is 3.27. The molecule has 3 heteroatoms. The summed E-state index contributed by atoms with van der Waals surface area (Å²) in [6, 6.07) is 16.4. The Hall–Kier alpha value is -2.26. The number of rotatable bonds is 4. The van der Waals surface area contributed by atoms with E-state index < -0.39 is 0 Å². The minimum atomic E-state index is 0.192. The molecule has 0 aliphatic rings. The molecule has 0 radical (unpaired) electrons. The average Bonchev–Trinajstić information content (AvgIpc) is 2.92. The van der Waals surface area contributed by atoms with Gasteiger partial charge in [0.05, 0.1) is 7.11 Å². The number of benzene rings is 2. The fourth-order valence-corrected chi connectivity index (χ4v) is 2.66. The zero-order chi connectivity index (χ0) is 13.9. The van der Waals surface area contributed by atoms with Gasteiger partial charge in [0.1, 0.15) is 5.75 Å². The van der Waals surface area contributed by atoms with E-state index in [0.717, 1.165) is 11.3 Å². The smallest absolute Gasteiger partial charge is 0.119 e. The molecule has 0 bridgehead atoms. The summed E-state index contributed by atoms with van der Waals surface area (Å²) in [4.78, 5) is 3.31. The van der Waals surface area contributed by atoms with Gasteiger partial charge in [-0.2, -0.15) is 0 Å². The maximum Gasteiger partial charge on any atom is 0.119 e. The van der Waals surface area contributed by atoms with Crippen molar-refractivity contribution in [2.24, 2.45) is 5.73 Å². The normalized spacial score (nSPS) is 12.5. The molecule has 1 heterocycles. The van der Waals surface area contributed by atoms with Crippen molar-refractivity contribution in [3.05, 3.63) is 65.9 Å². The van der Waals surface area contributed by atoms with Crippen LogP contribution in [0.4, 0.5) is 0 Å². The number of nitrogens with two attached hydrogens (primary N) is 1. The molecule has 1 aromatic heterocycles. The highest BCUT2D eigenvalue weighted by Gasteiger charge is 2.16. The Bertz CT molecular complexity index is 703. The maximum atomic E-state index is 6.01. The van der Waals surface area contributed by atoms with Gasteiger partial charge >= 0.3 is 0 Å². The summed E-state index contributed by atoms with van der Waals surface area (Å²) in [5.41, 5.74) is 9.57. The first-order valence-electron chi connectivity index (χ1n) is 6.73. The molecule has 1 atom stereocenters. The van der Waals surface area contributed by atoms with E-state index in [4.69, 9.17) is 10.5 Å². The summed E-state index contributed by atoms with van der Waals surface area (Å²) in [5.74, 6) is 1.05. The van der Waals surface area contributed by atoms with Crippen LogP contribution in [0.5, 0.6) is 5.75 Å². The third-order valence-corrected chi connectivity index (χ3v) is 3.73. The number of aromatic nitrogens is 1. The SMILES string of the molecule is COc1ccc2[nH]cc([C@H](CN)c3ccccc3)c2c1. The molecule has 0 aliphatic heterocycles. The Balaban J connectivity index is 2.12. The number of aromatic amines is 1. The minimum absolute atomic E-state index is 0.192. The Labute approximate surface area is 118 Å². The van der Waals surface area contributed by atoms with E-state index in [2.05, 4.69) is 29.4 Å². The van der Waals surface area contributed by atoms with Gasteiger partial charge in [-0.15, -0.1) is 0 Å². The van der Waals surface area contributed by atoms with Gasteiger partial charge in [0, 0.05) is 29.6 Å². The van der Waals surface area contributed by atoms with E-state index in [9.17, 15) is 0 Å². The van der Waals surface area contributed by atoms with E-state index in [0.29, 0.717) is 6.54 Å². The predicted molar refractivity (Wildman–Crippen MR) is 82.2 cm³/mol. The molecule has 0 unspecified atom stereocenters. The Morgan fingerprint density at radius 2 is 1.95 bits per heavy atom. The van der Waals surface area contributed by atoms with E-state index in [1.165, 1.54) is 16.5 Å². The van der Waals surface area contributed by atoms with Gasteiger partial charge in [0.2, 0.25) is 0 Å². The van der Waals surface area contributed by atoms with Gasteiger partial charge < -0.3 is 15.5 Å². The van der Waals surface area contributed by atoms with Crippen LogP contribution in [0.3, 0.4) is 0 Å². The van der Waals surface area contributed by atoms with E-state index in [1.54, 1.807) is 7.11 Å². The van der Waals surface area contributed by atoms with Crippen LogP contribution in [0.2, 0.25) is 0 Å². The van der Waals surface area contributed by atoms with Crippen molar-refractivity contribution >= 4 is 10.9 Å². The first-order valence-corrected chi connectivity index (χ1v) is 6.73. The molecule has 102 valence electrons. The molecule has 3 N–H and O–H groups in total. The number of nitrogens with one attached hydrogen (secondary N) is 1. The van der Waals surface area contributed by atoms with Crippen molar-refractivity contribution in [3.8, 4) is 5.75 Å². The fraction of sp³-hybridized carbons (Fsp3) is 0.176. The second kappa shape index (κ2) is 5.39. The van der Waals surface area contributed by atoms with Crippen molar-refractivity contribution < 1.29 is 4.74 Å². The highest BCUT2D eigenvalue weighted by molar-refractivity contribution is 5.85. The molecule has 0 fully saturated rings. The molecule has 3 rings (SSSR count). The fourth-order valence-electron chi connectivity index (χ4n) is 2.66. The highest BCUT2D eigenvalue weighted by Crippen LogP contribution is 2.32. The van der Waals surface area contributed by atoms with E-state index in [-0.39, 0.29) is 5.92 Å². The molecule has 3 nitrogen and oxygen atoms in total. The molecular formula is C17H18N2O. The van der Waals surface area contributed by atoms with Gasteiger partial charge in [0.25, 0.3) is 0 Å². The largest absolute Gasteiger partial charge is 0.497 e. The molecule has 0 amide bonds. The molecule has 0 spiro atoms. The lowest BCUT2D eigenvalue weighted by Crippen LogP contribution is -2.13. The average molecular weight is 266 g/mol. The molecule has 2 aromatic carbocycles. The van der Waals surface area contributed by atoms with Gasteiger partial charge in [-0.3, -0.25) is 0 Å². The Morgan fingerprint density at radius 3 is 2.65 bits per heavy atom. The maximum absolute atomic E-state index is 6.01. The summed E-state index contributed by atoms with van der Waals surface area (Å²) >= 11 is 0. The van der Waals surface area contributed by atoms with E-state index in [1.807, 2.05) is 30.3 Å². The van der Waals surface area contributed by atoms with Gasteiger partial charge in [-0.05, 0) is 29.3 Å². The lowest BCUT2D eigenvalue weighted by atomic mass is 9.91. The number of methoxy groups -OCH3 is 1. The number of fused-ring (bicyclic) bond motifs is 1. The van der Waals surface area contributed by atoms with Crippen LogP contribution >= 0.6 is 0 Å². The van der Waals surface area contributed by atoms with Crippen LogP contribution in [0.1, 0.15) is 17.0 Å². The topological polar surface area (TPSA) is 51.0 Å². The highest BCUT2D eigenvalue weighted by atomic mass is 16.5. The zero-order valence-electron chi connectivity index (χ0n) is 11.5. The van der Waals surface area contributed by atoms with Crippen LogP contribution in [0.15, 0.2) is 54.7 Å². The number of ether oxygens (including phenoxy) is 1. The van der Waals surface area contributed by atoms with Crippen LogP contribution in [-0.2, 0) is 0 Å². The van der Waals surface area contributed by atoms with Crippen molar-refractivity contribution in [2.45, 2.75) is 5.92 Å². The second-order valence-electron chi connectivity index (χ2n) is 4.85. The van der Waals surface area contributed by atoms with E-state index >= 15 is 0 Å². The summed E-state index contributed by atoms with van der Waals surface area (Å²) in [7, 11) is 1.69. The minimum Gasteiger partial charge on any atom is -0.497 e. The van der Waals surface area contributed by atoms with Crippen molar-refractivity contribution in [2.75, 3.05) is 13.7 Å². The lowest BCUT2D eigenvalue weighted by molar-refractivity contribution is 0.415. The third-order valence-electron chi connectivity index (χ3n) is 3.73. The summed E-state index contributed by atoms with van der Waals surface area (Å²) in [6.45, 7) is 0.578. The Morgan fingerprint density at radius 1 is 1.15 bits per heavy atom. The summed E-state index contributed by atoms with van der Waals surface area (Å²) in [6.07, 6.45) is 2.05. The van der Waals surface area contributed by atoms with Gasteiger partial charge in [0.15, 0.2) is 0 Å². The first-order chi connectivity index (χ1) is 9.83. The zero-order valence-corrected chi connectivity index (χ0v) is 11.5. The Kier molecular flexibility index (Phi) is 3.44. The van der Waals surface area contributed by atoms with Crippen molar-refractivity contribution in [1.82, 2.24) is 4.98 Å². The van der Waals surface area contributed by atoms with Gasteiger partial charge in [-0.25, -0.2) is 0 Å². The van der Waals surface area contributed by atoms with Crippen LogP contribution < -0.4 is 10.5 Å².